The third kappa shape index (κ3) is 8.93. The van der Waals surface area contributed by atoms with E-state index in [0.717, 1.165) is 21.0 Å². The van der Waals surface area contributed by atoms with Gasteiger partial charge in [0.2, 0.25) is 0 Å². The van der Waals surface area contributed by atoms with Crippen molar-refractivity contribution in [3.63, 3.8) is 0 Å². The van der Waals surface area contributed by atoms with Crippen LogP contribution in [0.15, 0.2) is 107 Å². The number of carbonyl (C=O) groups excluding carboxylic acids is 2. The molecule has 11 heteroatoms. The molecule has 0 unspecified atom stereocenters. The highest BCUT2D eigenvalue weighted by Gasteiger charge is 2.29. The lowest BCUT2D eigenvalue weighted by Gasteiger charge is -2.25. The standard InChI is InChI=1S/C34H36N4O6S/c1-24-10-17-30(18-11-24)45(41,42)38(31-20-25(2)12-19-32(31)43-4)22-33(39)37-35-21-27-13-15-29(16-14-27)44-23-34(40)36-26(3)28-8-6-5-7-9-28/h5-21,26H,22-23H2,1-4H3,(H,36,40)(H,37,39)/b35-21-/t26-/m0/s1. The lowest BCUT2D eigenvalue weighted by Crippen LogP contribution is -2.39. The van der Waals surface area contributed by atoms with E-state index in [1.807, 2.05) is 51.1 Å². The van der Waals surface area contributed by atoms with Crippen molar-refractivity contribution in [2.45, 2.75) is 31.7 Å². The Kier molecular flexibility index (Phi) is 10.9. The Hall–Kier alpha value is -5.16. The van der Waals surface area contributed by atoms with Crippen LogP contribution in [0.25, 0.3) is 0 Å². The molecule has 2 N–H and O–H groups in total. The number of benzene rings is 4. The van der Waals surface area contributed by atoms with E-state index in [1.54, 1.807) is 54.6 Å². The summed E-state index contributed by atoms with van der Waals surface area (Å²) in [5, 5.41) is 6.89. The molecule has 10 nitrogen and oxygen atoms in total. The van der Waals surface area contributed by atoms with Gasteiger partial charge in [-0.3, -0.25) is 13.9 Å². The summed E-state index contributed by atoms with van der Waals surface area (Å²) in [5.74, 6) is -0.108. The lowest BCUT2D eigenvalue weighted by molar-refractivity contribution is -0.123. The topological polar surface area (TPSA) is 126 Å². The fraction of sp³-hybridized carbons (Fsp3) is 0.206. The van der Waals surface area contributed by atoms with Crippen LogP contribution in [0.2, 0.25) is 0 Å². The second kappa shape index (κ2) is 15.0. The molecule has 0 fully saturated rings. The zero-order chi connectivity index (χ0) is 32.4. The van der Waals surface area contributed by atoms with E-state index in [-0.39, 0.29) is 29.1 Å². The molecule has 0 saturated heterocycles. The molecule has 0 aliphatic heterocycles. The van der Waals surface area contributed by atoms with Gasteiger partial charge in [-0.1, -0.05) is 54.1 Å². The highest BCUT2D eigenvalue weighted by molar-refractivity contribution is 7.92. The van der Waals surface area contributed by atoms with E-state index in [1.165, 1.54) is 25.5 Å². The van der Waals surface area contributed by atoms with Crippen LogP contribution in [0.1, 0.15) is 35.2 Å². The van der Waals surface area contributed by atoms with Crippen LogP contribution in [-0.4, -0.2) is 46.7 Å². The van der Waals surface area contributed by atoms with Crippen LogP contribution in [-0.2, 0) is 19.6 Å². The van der Waals surface area contributed by atoms with Crippen LogP contribution in [0.5, 0.6) is 11.5 Å². The van der Waals surface area contributed by atoms with Gasteiger partial charge in [0.15, 0.2) is 6.61 Å². The molecule has 45 heavy (non-hydrogen) atoms. The monoisotopic (exact) mass is 628 g/mol. The van der Waals surface area contributed by atoms with Crippen molar-refractivity contribution in [3.05, 3.63) is 119 Å². The summed E-state index contributed by atoms with van der Waals surface area (Å²) in [5.41, 5.74) is 5.98. The van der Waals surface area contributed by atoms with Crippen LogP contribution >= 0.6 is 0 Å². The normalized spacial score (nSPS) is 11.9. The summed E-state index contributed by atoms with van der Waals surface area (Å²) in [6.07, 6.45) is 1.42. The number of methoxy groups -OCH3 is 1. The second-order valence-corrected chi connectivity index (χ2v) is 12.2. The van der Waals surface area contributed by atoms with Gasteiger partial charge in [-0.15, -0.1) is 0 Å². The molecule has 0 radical (unpaired) electrons. The number of hydrogen-bond donors (Lipinski definition) is 2. The van der Waals surface area contributed by atoms with Gasteiger partial charge < -0.3 is 14.8 Å². The average molecular weight is 629 g/mol. The first-order valence-electron chi connectivity index (χ1n) is 14.2. The summed E-state index contributed by atoms with van der Waals surface area (Å²) < 4.78 is 39.5. The van der Waals surface area contributed by atoms with E-state index in [2.05, 4.69) is 15.8 Å². The number of hydrogen-bond acceptors (Lipinski definition) is 7. The molecule has 0 bridgehead atoms. The third-order valence-corrected chi connectivity index (χ3v) is 8.60. The minimum Gasteiger partial charge on any atom is -0.495 e. The van der Waals surface area contributed by atoms with E-state index >= 15 is 0 Å². The third-order valence-electron chi connectivity index (χ3n) is 6.83. The van der Waals surface area contributed by atoms with Gasteiger partial charge in [0.1, 0.15) is 18.0 Å². The summed E-state index contributed by atoms with van der Waals surface area (Å²) in [7, 11) is -2.69. The predicted octanol–water partition coefficient (Wildman–Crippen LogP) is 4.91. The van der Waals surface area contributed by atoms with Gasteiger partial charge in [0.25, 0.3) is 21.8 Å². The van der Waals surface area contributed by atoms with Crippen molar-refractivity contribution in [1.82, 2.24) is 10.7 Å². The van der Waals surface area contributed by atoms with Crippen molar-refractivity contribution >= 4 is 33.7 Å². The number of anilines is 1. The molecule has 1 atom stereocenters. The number of ether oxygens (including phenoxy) is 2. The SMILES string of the molecule is COc1ccc(C)cc1N(CC(=O)N/N=C\c1ccc(OCC(=O)N[C@@H](C)c2ccccc2)cc1)S(=O)(=O)c1ccc(C)cc1. The zero-order valence-corrected chi connectivity index (χ0v) is 26.4. The Morgan fingerprint density at radius 1 is 0.889 bits per heavy atom. The number of amides is 2. The maximum atomic E-state index is 13.7. The number of nitrogens with zero attached hydrogens (tertiary/aromatic N) is 2. The molecular formula is C34H36N4O6S. The zero-order valence-electron chi connectivity index (χ0n) is 25.6. The fourth-order valence-corrected chi connectivity index (χ4v) is 5.81. The maximum absolute atomic E-state index is 13.7. The predicted molar refractivity (Wildman–Crippen MR) is 174 cm³/mol. The van der Waals surface area contributed by atoms with E-state index in [9.17, 15) is 18.0 Å². The van der Waals surface area contributed by atoms with Crippen molar-refractivity contribution in [2.75, 3.05) is 24.6 Å². The number of rotatable bonds is 13. The Morgan fingerprint density at radius 3 is 2.22 bits per heavy atom. The second-order valence-electron chi connectivity index (χ2n) is 10.4. The van der Waals surface area contributed by atoms with E-state index < -0.39 is 22.5 Å². The first kappa shape index (κ1) is 32.7. The minimum absolute atomic E-state index is 0.0402. The fourth-order valence-electron chi connectivity index (χ4n) is 4.38. The van der Waals surface area contributed by atoms with Gasteiger partial charge in [0.05, 0.1) is 29.9 Å². The average Bonchev–Trinajstić information content (AvgIpc) is 3.03. The molecule has 0 aromatic heterocycles. The Balaban J connectivity index is 1.38. The molecule has 0 aliphatic carbocycles. The largest absolute Gasteiger partial charge is 0.495 e. The van der Waals surface area contributed by atoms with Gasteiger partial charge >= 0.3 is 0 Å². The first-order chi connectivity index (χ1) is 21.6. The van der Waals surface area contributed by atoms with Crippen molar-refractivity contribution in [2.24, 2.45) is 5.10 Å². The lowest BCUT2D eigenvalue weighted by atomic mass is 10.1. The molecule has 4 rings (SSSR count). The quantitative estimate of drug-likeness (QED) is 0.160. The summed E-state index contributed by atoms with van der Waals surface area (Å²) in [6.45, 7) is 4.90. The van der Waals surface area contributed by atoms with Crippen molar-refractivity contribution < 1.29 is 27.5 Å². The molecule has 0 heterocycles. The van der Waals surface area contributed by atoms with Crippen LogP contribution in [0.3, 0.4) is 0 Å². The molecule has 2 amide bonds. The summed E-state index contributed by atoms with van der Waals surface area (Å²) in [6, 6.07) is 27.8. The van der Waals surface area contributed by atoms with Gasteiger partial charge in [-0.25, -0.2) is 13.8 Å². The highest BCUT2D eigenvalue weighted by Crippen LogP contribution is 2.33. The Labute approximate surface area is 263 Å². The molecule has 4 aromatic carbocycles. The van der Waals surface area contributed by atoms with Crippen LogP contribution in [0, 0.1) is 13.8 Å². The molecule has 234 valence electrons. The number of carbonyl (C=O) groups is 2. The number of hydrazone groups is 1. The minimum atomic E-state index is -4.13. The van der Waals surface area contributed by atoms with E-state index in [0.29, 0.717) is 17.1 Å². The Bertz CT molecular complexity index is 1740. The number of aryl methyl sites for hydroxylation is 2. The summed E-state index contributed by atoms with van der Waals surface area (Å²) in [4.78, 5) is 25.3. The molecular weight excluding hydrogens is 592 g/mol. The molecule has 0 aliphatic rings. The summed E-state index contributed by atoms with van der Waals surface area (Å²) >= 11 is 0. The van der Waals surface area contributed by atoms with Crippen LogP contribution < -0.4 is 24.5 Å². The molecule has 0 saturated carbocycles. The van der Waals surface area contributed by atoms with Gasteiger partial charge in [-0.2, -0.15) is 5.10 Å². The first-order valence-corrected chi connectivity index (χ1v) is 15.6. The molecule has 4 aromatic rings. The number of sulfonamides is 1. The van der Waals surface area contributed by atoms with Crippen molar-refractivity contribution in [3.8, 4) is 11.5 Å². The maximum Gasteiger partial charge on any atom is 0.264 e. The highest BCUT2D eigenvalue weighted by atomic mass is 32.2. The van der Waals surface area contributed by atoms with E-state index in [4.69, 9.17) is 9.47 Å². The molecule has 0 spiro atoms. The van der Waals surface area contributed by atoms with Crippen LogP contribution in [0.4, 0.5) is 5.69 Å². The Morgan fingerprint density at radius 2 is 1.56 bits per heavy atom. The van der Waals surface area contributed by atoms with Gasteiger partial charge in [-0.05, 0) is 86.0 Å². The van der Waals surface area contributed by atoms with Crippen molar-refractivity contribution in [1.29, 1.82) is 0 Å². The smallest absolute Gasteiger partial charge is 0.264 e. The van der Waals surface area contributed by atoms with Gasteiger partial charge in [0, 0.05) is 0 Å². The number of nitrogens with one attached hydrogen (secondary N) is 2.